The Morgan fingerprint density at radius 1 is 0.818 bits per heavy atom. The topological polar surface area (TPSA) is 71.1 Å². The second-order valence-corrected chi connectivity index (χ2v) is 7.77. The van der Waals surface area contributed by atoms with E-state index in [0.29, 0.717) is 29.3 Å². The summed E-state index contributed by atoms with van der Waals surface area (Å²) >= 11 is 0. The van der Waals surface area contributed by atoms with Crippen molar-refractivity contribution in [3.05, 3.63) is 89.5 Å². The number of carbonyl (C=O) groups excluding carboxylic acids is 2. The number of hydrogen-bond acceptors (Lipinski definition) is 5. The molecule has 0 saturated heterocycles. The zero-order valence-electron chi connectivity index (χ0n) is 19.4. The van der Waals surface area contributed by atoms with Crippen LogP contribution in [0.2, 0.25) is 0 Å². The molecular formula is C26H29N3O4. The summed E-state index contributed by atoms with van der Waals surface area (Å²) in [7, 11) is 6.91. The predicted molar refractivity (Wildman–Crippen MR) is 129 cm³/mol. The maximum absolute atomic E-state index is 13.3. The maximum Gasteiger partial charge on any atom is 0.259 e. The van der Waals surface area contributed by atoms with E-state index in [1.165, 1.54) is 14.2 Å². The Morgan fingerprint density at radius 2 is 1.48 bits per heavy atom. The summed E-state index contributed by atoms with van der Waals surface area (Å²) < 4.78 is 10.5. The average Bonchev–Trinajstić information content (AvgIpc) is 2.85. The van der Waals surface area contributed by atoms with E-state index in [1.54, 1.807) is 35.2 Å². The second-order valence-electron chi connectivity index (χ2n) is 7.77. The number of benzene rings is 3. The van der Waals surface area contributed by atoms with Crippen molar-refractivity contribution in [1.82, 2.24) is 10.2 Å². The number of hydrogen-bond donors (Lipinski definition) is 1. The number of para-hydroxylation sites is 1. The van der Waals surface area contributed by atoms with E-state index >= 15 is 0 Å². The lowest BCUT2D eigenvalue weighted by Gasteiger charge is -2.26. The van der Waals surface area contributed by atoms with Crippen molar-refractivity contribution in [2.75, 3.05) is 39.9 Å². The molecule has 172 valence electrons. The molecule has 7 heteroatoms. The molecular weight excluding hydrogens is 418 g/mol. The summed E-state index contributed by atoms with van der Waals surface area (Å²) in [5, 5.41) is 2.89. The van der Waals surface area contributed by atoms with E-state index in [0.717, 1.165) is 11.3 Å². The van der Waals surface area contributed by atoms with Gasteiger partial charge in [0.05, 0.1) is 20.9 Å². The molecule has 7 nitrogen and oxygen atoms in total. The van der Waals surface area contributed by atoms with Crippen LogP contribution in [0.15, 0.2) is 72.8 Å². The molecule has 0 spiro atoms. The minimum atomic E-state index is -0.262. The average molecular weight is 448 g/mol. The van der Waals surface area contributed by atoms with E-state index in [2.05, 4.69) is 5.32 Å². The van der Waals surface area contributed by atoms with Crippen LogP contribution in [0.25, 0.3) is 0 Å². The fourth-order valence-electron chi connectivity index (χ4n) is 3.35. The van der Waals surface area contributed by atoms with Crippen LogP contribution in [0.5, 0.6) is 11.5 Å². The maximum atomic E-state index is 13.3. The van der Waals surface area contributed by atoms with Gasteiger partial charge in [-0.25, -0.2) is 0 Å². The number of carbonyl (C=O) groups is 2. The summed E-state index contributed by atoms with van der Waals surface area (Å²) in [6.07, 6.45) is 0. The van der Waals surface area contributed by atoms with E-state index in [1.807, 2.05) is 61.5 Å². The van der Waals surface area contributed by atoms with Gasteiger partial charge in [-0.2, -0.15) is 0 Å². The highest BCUT2D eigenvalue weighted by molar-refractivity contribution is 6.06. The molecule has 3 rings (SSSR count). The lowest BCUT2D eigenvalue weighted by atomic mass is 10.1. The van der Waals surface area contributed by atoms with E-state index in [9.17, 15) is 9.59 Å². The molecule has 0 aliphatic heterocycles. The Morgan fingerprint density at radius 3 is 2.09 bits per heavy atom. The first-order valence-corrected chi connectivity index (χ1v) is 10.5. The number of anilines is 1. The molecule has 0 aliphatic carbocycles. The van der Waals surface area contributed by atoms with Crippen molar-refractivity contribution in [2.45, 2.75) is 6.54 Å². The number of nitrogens with zero attached hydrogens (tertiary/aromatic N) is 2. The van der Waals surface area contributed by atoms with Gasteiger partial charge in [0.15, 0.2) is 0 Å². The number of nitrogens with one attached hydrogen (secondary N) is 1. The van der Waals surface area contributed by atoms with Crippen LogP contribution in [-0.2, 0) is 6.54 Å². The van der Waals surface area contributed by atoms with Gasteiger partial charge < -0.3 is 14.8 Å². The normalized spacial score (nSPS) is 10.6. The third kappa shape index (κ3) is 6.33. The largest absolute Gasteiger partial charge is 0.497 e. The minimum absolute atomic E-state index is 0.111. The Hall–Kier alpha value is -3.84. The van der Waals surface area contributed by atoms with Gasteiger partial charge in [0.1, 0.15) is 11.5 Å². The van der Waals surface area contributed by atoms with Crippen LogP contribution >= 0.6 is 0 Å². The van der Waals surface area contributed by atoms with Crippen LogP contribution in [0.4, 0.5) is 5.69 Å². The lowest BCUT2D eigenvalue weighted by molar-refractivity contribution is 0.0949. The van der Waals surface area contributed by atoms with E-state index < -0.39 is 0 Å². The second kappa shape index (κ2) is 11.2. The van der Waals surface area contributed by atoms with Crippen LogP contribution < -0.4 is 19.7 Å². The molecule has 0 fully saturated rings. The highest BCUT2D eigenvalue weighted by atomic mass is 16.5. The number of ether oxygens (including phenoxy) is 2. The smallest absolute Gasteiger partial charge is 0.259 e. The molecule has 0 aliphatic rings. The molecule has 0 heterocycles. The predicted octanol–water partition coefficient (Wildman–Crippen LogP) is 3.80. The molecule has 0 unspecified atom stereocenters. The SMILES string of the molecule is COc1cc(OC)cc(C(=O)NCc2cccc(C(=O)N(CN(C)C)c3ccccc3)c2)c1. The molecule has 3 aromatic carbocycles. The van der Waals surface area contributed by atoms with Crippen molar-refractivity contribution >= 4 is 17.5 Å². The third-order valence-electron chi connectivity index (χ3n) is 4.98. The Balaban J connectivity index is 1.75. The molecule has 1 N–H and O–H groups in total. The summed E-state index contributed by atoms with van der Waals surface area (Å²) in [5.74, 6) is 0.700. The first-order chi connectivity index (χ1) is 15.9. The van der Waals surface area contributed by atoms with Crippen LogP contribution in [0.3, 0.4) is 0 Å². The standard InChI is InChI=1S/C26H29N3O4/c1-28(2)18-29(22-11-6-5-7-12-22)26(31)20-10-8-9-19(13-20)17-27-25(30)21-14-23(32-3)16-24(15-21)33-4/h5-16H,17-18H2,1-4H3,(H,27,30). The molecule has 3 aromatic rings. The lowest BCUT2D eigenvalue weighted by Crippen LogP contribution is -2.38. The summed E-state index contributed by atoms with van der Waals surface area (Å²) in [6.45, 7) is 0.722. The van der Waals surface area contributed by atoms with Gasteiger partial charge in [0.25, 0.3) is 11.8 Å². The molecule has 0 atom stereocenters. The van der Waals surface area contributed by atoms with Crippen LogP contribution in [-0.4, -0.2) is 51.7 Å². The highest BCUT2D eigenvalue weighted by Gasteiger charge is 2.19. The first kappa shape index (κ1) is 23.8. The van der Waals surface area contributed by atoms with Gasteiger partial charge in [-0.3, -0.25) is 19.4 Å². The monoisotopic (exact) mass is 447 g/mol. The molecule has 0 saturated carbocycles. The quantitative estimate of drug-likeness (QED) is 0.505. The van der Waals surface area contributed by atoms with Crippen LogP contribution in [0, 0.1) is 0 Å². The fourth-order valence-corrected chi connectivity index (χ4v) is 3.35. The van der Waals surface area contributed by atoms with Gasteiger partial charge >= 0.3 is 0 Å². The zero-order chi connectivity index (χ0) is 23.8. The van der Waals surface area contributed by atoms with Gasteiger partial charge in [-0.05, 0) is 56.1 Å². The molecule has 0 radical (unpaired) electrons. The summed E-state index contributed by atoms with van der Waals surface area (Å²) in [6, 6.07) is 21.8. The Bertz CT molecular complexity index is 1080. The molecule has 0 bridgehead atoms. The van der Waals surface area contributed by atoms with Gasteiger partial charge in [0, 0.05) is 29.4 Å². The number of amides is 2. The number of rotatable bonds is 9. The van der Waals surface area contributed by atoms with Gasteiger partial charge in [-0.15, -0.1) is 0 Å². The molecule has 2 amide bonds. The van der Waals surface area contributed by atoms with Crippen molar-refractivity contribution in [3.8, 4) is 11.5 Å². The van der Waals surface area contributed by atoms with E-state index in [4.69, 9.17) is 9.47 Å². The van der Waals surface area contributed by atoms with Crippen molar-refractivity contribution < 1.29 is 19.1 Å². The number of methoxy groups -OCH3 is 2. The Kier molecular flexibility index (Phi) is 8.05. The first-order valence-electron chi connectivity index (χ1n) is 10.5. The van der Waals surface area contributed by atoms with E-state index in [-0.39, 0.29) is 18.4 Å². The molecule has 0 aromatic heterocycles. The summed E-state index contributed by atoms with van der Waals surface area (Å²) in [5.41, 5.74) is 2.62. The summed E-state index contributed by atoms with van der Waals surface area (Å²) in [4.78, 5) is 29.7. The van der Waals surface area contributed by atoms with Crippen molar-refractivity contribution in [1.29, 1.82) is 0 Å². The third-order valence-corrected chi connectivity index (χ3v) is 4.98. The zero-order valence-corrected chi connectivity index (χ0v) is 19.4. The van der Waals surface area contributed by atoms with Gasteiger partial charge in [0.2, 0.25) is 0 Å². The Labute approximate surface area is 194 Å². The highest BCUT2D eigenvalue weighted by Crippen LogP contribution is 2.22. The molecule has 33 heavy (non-hydrogen) atoms. The van der Waals surface area contributed by atoms with Gasteiger partial charge in [-0.1, -0.05) is 30.3 Å². The van der Waals surface area contributed by atoms with Crippen LogP contribution in [0.1, 0.15) is 26.3 Å². The fraction of sp³-hybridized carbons (Fsp3) is 0.231. The minimum Gasteiger partial charge on any atom is -0.497 e. The van der Waals surface area contributed by atoms with Crippen molar-refractivity contribution in [3.63, 3.8) is 0 Å². The van der Waals surface area contributed by atoms with Crippen molar-refractivity contribution in [2.24, 2.45) is 0 Å².